The van der Waals surface area contributed by atoms with E-state index >= 15 is 0 Å². The molecule has 2 rings (SSSR count). The summed E-state index contributed by atoms with van der Waals surface area (Å²) in [6, 6.07) is 6.51. The zero-order valence-corrected chi connectivity index (χ0v) is 13.1. The van der Waals surface area contributed by atoms with Crippen LogP contribution in [0.3, 0.4) is 0 Å². The number of hydrogen-bond donors (Lipinski definition) is 1. The van der Waals surface area contributed by atoms with Gasteiger partial charge in [0.25, 0.3) is 0 Å². The van der Waals surface area contributed by atoms with Crippen molar-refractivity contribution < 1.29 is 13.2 Å². The first-order chi connectivity index (χ1) is 9.04. The first kappa shape index (κ1) is 17.2. The topological polar surface area (TPSA) is 72.6 Å². The van der Waals surface area contributed by atoms with Crippen LogP contribution in [-0.4, -0.2) is 38.5 Å². The normalized spacial score (nSPS) is 19.6. The van der Waals surface area contributed by atoms with Crippen LogP contribution >= 0.6 is 12.4 Å². The Morgan fingerprint density at radius 1 is 1.35 bits per heavy atom. The number of rotatable bonds is 5. The molecule has 0 spiro atoms. The second-order valence-electron chi connectivity index (χ2n) is 4.73. The first-order valence-electron chi connectivity index (χ1n) is 6.52. The molecular weight excluding hydrogens is 300 g/mol. The maximum atomic E-state index is 12.3. The van der Waals surface area contributed by atoms with Crippen molar-refractivity contribution in [3.63, 3.8) is 0 Å². The first-order valence-corrected chi connectivity index (χ1v) is 7.96. The molecule has 0 aliphatic carbocycles. The second kappa shape index (κ2) is 7.26. The molecule has 0 unspecified atom stereocenters. The molecule has 1 atom stereocenters. The molecule has 5 nitrogen and oxygen atoms in total. The smallest absolute Gasteiger partial charge is 0.243 e. The third-order valence-corrected chi connectivity index (χ3v) is 5.00. The average Bonchev–Trinajstić information content (AvgIpc) is 2.84. The van der Waals surface area contributed by atoms with Gasteiger partial charge in [-0.1, -0.05) is 6.92 Å². The molecule has 1 fully saturated rings. The molecular formula is C13H21ClN2O3S. The van der Waals surface area contributed by atoms with Gasteiger partial charge in [0.2, 0.25) is 10.0 Å². The van der Waals surface area contributed by atoms with Crippen LogP contribution in [0, 0.1) is 0 Å². The minimum atomic E-state index is -3.41. The van der Waals surface area contributed by atoms with E-state index in [0.29, 0.717) is 30.3 Å². The summed E-state index contributed by atoms with van der Waals surface area (Å²) in [6.07, 6.45) is 1.64. The van der Waals surface area contributed by atoms with Gasteiger partial charge in [-0.25, -0.2) is 8.42 Å². The maximum Gasteiger partial charge on any atom is 0.243 e. The minimum absolute atomic E-state index is 0. The van der Waals surface area contributed by atoms with Crippen LogP contribution in [0.4, 0.5) is 0 Å². The third kappa shape index (κ3) is 3.85. The number of sulfonamides is 1. The summed E-state index contributed by atoms with van der Waals surface area (Å²) in [6.45, 7) is 3.55. The highest BCUT2D eigenvalue weighted by atomic mass is 35.5. The highest BCUT2D eigenvalue weighted by molar-refractivity contribution is 7.89. The molecule has 0 saturated carbocycles. The van der Waals surface area contributed by atoms with Gasteiger partial charge in [0, 0.05) is 19.1 Å². The maximum absolute atomic E-state index is 12.3. The van der Waals surface area contributed by atoms with Crippen LogP contribution in [0.1, 0.15) is 19.8 Å². The number of ether oxygens (including phenoxy) is 1. The lowest BCUT2D eigenvalue weighted by atomic mass is 10.3. The van der Waals surface area contributed by atoms with Gasteiger partial charge in [-0.2, -0.15) is 4.31 Å². The SMILES string of the molecule is CCCOc1ccc(S(=O)(=O)N2CC[C@@H](N)C2)cc1.Cl. The quantitative estimate of drug-likeness (QED) is 0.894. The molecule has 7 heteroatoms. The van der Waals surface area contributed by atoms with Crippen molar-refractivity contribution in [2.45, 2.75) is 30.7 Å². The number of nitrogens with two attached hydrogens (primary N) is 1. The van der Waals surface area contributed by atoms with Crippen LogP contribution in [0.2, 0.25) is 0 Å². The molecule has 2 N–H and O–H groups in total. The summed E-state index contributed by atoms with van der Waals surface area (Å²) in [7, 11) is -3.41. The van der Waals surface area contributed by atoms with E-state index in [-0.39, 0.29) is 18.4 Å². The summed E-state index contributed by atoms with van der Waals surface area (Å²) < 4.78 is 31.6. The van der Waals surface area contributed by atoms with Gasteiger partial charge in [0.1, 0.15) is 5.75 Å². The third-order valence-electron chi connectivity index (χ3n) is 3.12. The fourth-order valence-corrected chi connectivity index (χ4v) is 3.56. The molecule has 0 bridgehead atoms. The van der Waals surface area contributed by atoms with Crippen molar-refractivity contribution in [3.8, 4) is 5.75 Å². The summed E-state index contributed by atoms with van der Waals surface area (Å²) >= 11 is 0. The summed E-state index contributed by atoms with van der Waals surface area (Å²) in [4.78, 5) is 0.297. The van der Waals surface area contributed by atoms with E-state index in [1.165, 1.54) is 4.31 Å². The Labute approximate surface area is 126 Å². The fraction of sp³-hybridized carbons (Fsp3) is 0.538. The standard InChI is InChI=1S/C13H20N2O3S.ClH/c1-2-9-18-12-3-5-13(6-4-12)19(16,17)15-8-7-11(14)10-15;/h3-6,11H,2,7-10,14H2,1H3;1H/t11-;/m1./s1. The van der Waals surface area contributed by atoms with E-state index in [0.717, 1.165) is 12.8 Å². The van der Waals surface area contributed by atoms with E-state index < -0.39 is 10.0 Å². The van der Waals surface area contributed by atoms with E-state index in [1.54, 1.807) is 24.3 Å². The number of halogens is 1. The molecule has 0 amide bonds. The average molecular weight is 321 g/mol. The van der Waals surface area contributed by atoms with Gasteiger partial charge in [-0.05, 0) is 37.1 Å². The van der Waals surface area contributed by atoms with Gasteiger partial charge in [0.05, 0.1) is 11.5 Å². The molecule has 1 heterocycles. The Kier molecular flexibility index (Phi) is 6.26. The van der Waals surface area contributed by atoms with Gasteiger partial charge >= 0.3 is 0 Å². The van der Waals surface area contributed by atoms with Crippen molar-refractivity contribution in [3.05, 3.63) is 24.3 Å². The van der Waals surface area contributed by atoms with E-state index in [9.17, 15) is 8.42 Å². The summed E-state index contributed by atoms with van der Waals surface area (Å²) in [5.74, 6) is 0.693. The molecule has 1 aliphatic heterocycles. The lowest BCUT2D eigenvalue weighted by Gasteiger charge is -2.16. The Hall–Kier alpha value is -0.820. The fourth-order valence-electron chi connectivity index (χ4n) is 2.05. The molecule has 1 aromatic rings. The number of nitrogens with zero attached hydrogens (tertiary/aromatic N) is 1. The predicted octanol–water partition coefficient (Wildman–Crippen LogP) is 1.62. The largest absolute Gasteiger partial charge is 0.494 e. The minimum Gasteiger partial charge on any atom is -0.494 e. The highest BCUT2D eigenvalue weighted by Crippen LogP contribution is 2.22. The summed E-state index contributed by atoms with van der Waals surface area (Å²) in [5, 5.41) is 0. The molecule has 1 saturated heterocycles. The predicted molar refractivity (Wildman–Crippen MR) is 80.8 cm³/mol. The molecule has 0 aromatic heterocycles. The van der Waals surface area contributed by atoms with E-state index in [2.05, 4.69) is 0 Å². The van der Waals surface area contributed by atoms with Crippen molar-refractivity contribution in [1.29, 1.82) is 0 Å². The molecule has 20 heavy (non-hydrogen) atoms. The van der Waals surface area contributed by atoms with E-state index in [1.807, 2.05) is 6.92 Å². The molecule has 1 aromatic carbocycles. The zero-order chi connectivity index (χ0) is 13.9. The Balaban J connectivity index is 0.00000200. The summed E-state index contributed by atoms with van der Waals surface area (Å²) in [5.41, 5.74) is 5.75. The van der Waals surface area contributed by atoms with Gasteiger partial charge in [-0.3, -0.25) is 0 Å². The lowest BCUT2D eigenvalue weighted by molar-refractivity contribution is 0.317. The number of hydrogen-bond acceptors (Lipinski definition) is 4. The van der Waals surface area contributed by atoms with Gasteiger partial charge in [-0.15, -0.1) is 12.4 Å². The van der Waals surface area contributed by atoms with Crippen molar-refractivity contribution in [2.24, 2.45) is 5.73 Å². The van der Waals surface area contributed by atoms with Crippen LogP contribution in [0.25, 0.3) is 0 Å². The van der Waals surface area contributed by atoms with E-state index in [4.69, 9.17) is 10.5 Å². The molecule has 114 valence electrons. The second-order valence-corrected chi connectivity index (χ2v) is 6.67. The monoisotopic (exact) mass is 320 g/mol. The van der Waals surface area contributed by atoms with Crippen LogP contribution < -0.4 is 10.5 Å². The highest BCUT2D eigenvalue weighted by Gasteiger charge is 2.30. The van der Waals surface area contributed by atoms with Gasteiger partial charge in [0.15, 0.2) is 0 Å². The van der Waals surface area contributed by atoms with Gasteiger partial charge < -0.3 is 10.5 Å². The number of benzene rings is 1. The molecule has 0 radical (unpaired) electrons. The Morgan fingerprint density at radius 3 is 2.50 bits per heavy atom. The van der Waals surface area contributed by atoms with Crippen molar-refractivity contribution in [1.82, 2.24) is 4.31 Å². The van der Waals surface area contributed by atoms with Crippen molar-refractivity contribution >= 4 is 22.4 Å². The van der Waals surface area contributed by atoms with Crippen LogP contribution in [-0.2, 0) is 10.0 Å². The Bertz CT molecular complexity index is 519. The zero-order valence-electron chi connectivity index (χ0n) is 11.5. The van der Waals surface area contributed by atoms with Crippen molar-refractivity contribution in [2.75, 3.05) is 19.7 Å². The van der Waals surface area contributed by atoms with Crippen LogP contribution in [0.15, 0.2) is 29.2 Å². The lowest BCUT2D eigenvalue weighted by Crippen LogP contribution is -2.31. The molecule has 1 aliphatic rings. The Morgan fingerprint density at radius 2 is 2.00 bits per heavy atom. The van der Waals surface area contributed by atoms with Crippen LogP contribution in [0.5, 0.6) is 5.75 Å².